The van der Waals surface area contributed by atoms with Gasteiger partial charge in [-0.2, -0.15) is 11.8 Å². The highest BCUT2D eigenvalue weighted by molar-refractivity contribution is 8.06. The first-order chi connectivity index (χ1) is 8.33. The van der Waals surface area contributed by atoms with Crippen LogP contribution in [0.15, 0.2) is 0 Å². The van der Waals surface area contributed by atoms with E-state index < -0.39 is 0 Å². The second-order valence-electron chi connectivity index (χ2n) is 4.12. The molecule has 0 spiro atoms. The number of tetrazole rings is 1. The average Bonchev–Trinajstić information content (AvgIpc) is 2.78. The number of hydrogen-bond donors (Lipinski definition) is 1. The molecule has 96 valence electrons. The second kappa shape index (κ2) is 6.61. The van der Waals surface area contributed by atoms with Gasteiger partial charge in [-0.05, 0) is 29.8 Å². The lowest BCUT2D eigenvalue weighted by atomic mass is 10.3. The van der Waals surface area contributed by atoms with Crippen LogP contribution in [-0.2, 0) is 6.54 Å². The molecule has 1 aromatic rings. The summed E-state index contributed by atoms with van der Waals surface area (Å²) in [7, 11) is 0. The smallest absolute Gasteiger partial charge is 0.165 e. The largest absolute Gasteiger partial charge is 0.330 e. The molecule has 0 saturated carbocycles. The van der Waals surface area contributed by atoms with Gasteiger partial charge in [-0.25, -0.2) is 4.68 Å². The number of unbranched alkanes of at least 4 members (excludes halogenated alkanes) is 1. The third-order valence-corrected chi connectivity index (χ3v) is 5.91. The molecule has 0 bridgehead atoms. The summed E-state index contributed by atoms with van der Waals surface area (Å²) in [6.45, 7) is 3.89. The zero-order valence-corrected chi connectivity index (χ0v) is 11.7. The lowest BCUT2D eigenvalue weighted by molar-refractivity contribution is 0.522. The van der Waals surface area contributed by atoms with Crippen LogP contribution >= 0.6 is 23.5 Å². The first kappa shape index (κ1) is 13.2. The van der Waals surface area contributed by atoms with Crippen molar-refractivity contribution in [2.75, 3.05) is 18.1 Å². The van der Waals surface area contributed by atoms with Crippen molar-refractivity contribution in [3.8, 4) is 0 Å². The molecule has 2 N–H and O–H groups in total. The molecule has 2 atom stereocenters. The van der Waals surface area contributed by atoms with Crippen LogP contribution in [0.5, 0.6) is 0 Å². The monoisotopic (exact) mass is 273 g/mol. The molecule has 2 heterocycles. The number of thioether (sulfide) groups is 2. The van der Waals surface area contributed by atoms with Gasteiger partial charge in [0, 0.05) is 23.3 Å². The predicted molar refractivity (Wildman–Crippen MR) is 73.2 cm³/mol. The molecule has 0 aliphatic carbocycles. The Labute approximate surface area is 110 Å². The van der Waals surface area contributed by atoms with Crippen molar-refractivity contribution in [1.29, 1.82) is 0 Å². The van der Waals surface area contributed by atoms with Crippen molar-refractivity contribution in [1.82, 2.24) is 20.2 Å². The molecule has 0 radical (unpaired) electrons. The number of hydrogen-bond acceptors (Lipinski definition) is 6. The molecule has 1 saturated heterocycles. The van der Waals surface area contributed by atoms with Gasteiger partial charge in [0.15, 0.2) is 5.82 Å². The van der Waals surface area contributed by atoms with Crippen LogP contribution in [0.4, 0.5) is 0 Å². The molecule has 2 rings (SSSR count). The third-order valence-electron chi connectivity index (χ3n) is 2.83. The lowest BCUT2D eigenvalue weighted by Crippen LogP contribution is -2.20. The fourth-order valence-corrected chi connectivity index (χ4v) is 4.65. The van der Waals surface area contributed by atoms with Gasteiger partial charge in [0.05, 0.1) is 5.25 Å². The van der Waals surface area contributed by atoms with Gasteiger partial charge in [0.25, 0.3) is 0 Å². The molecule has 17 heavy (non-hydrogen) atoms. The van der Waals surface area contributed by atoms with E-state index in [9.17, 15) is 0 Å². The third kappa shape index (κ3) is 3.35. The lowest BCUT2D eigenvalue weighted by Gasteiger charge is -2.26. The highest BCUT2D eigenvalue weighted by Gasteiger charge is 2.28. The quantitative estimate of drug-likeness (QED) is 0.816. The van der Waals surface area contributed by atoms with E-state index in [-0.39, 0.29) is 0 Å². The topological polar surface area (TPSA) is 69.6 Å². The second-order valence-corrected chi connectivity index (χ2v) is 6.86. The van der Waals surface area contributed by atoms with Crippen LogP contribution in [0.1, 0.15) is 30.8 Å². The maximum atomic E-state index is 5.50. The SMILES string of the molecule is CC1SCCSC1c1nnnn1CCCCN. The van der Waals surface area contributed by atoms with E-state index in [1.165, 1.54) is 11.5 Å². The van der Waals surface area contributed by atoms with Crippen LogP contribution in [0.25, 0.3) is 0 Å². The Bertz CT molecular complexity index is 343. The van der Waals surface area contributed by atoms with Gasteiger partial charge in [0.2, 0.25) is 0 Å². The average molecular weight is 273 g/mol. The highest BCUT2D eigenvalue weighted by atomic mass is 32.2. The maximum Gasteiger partial charge on any atom is 0.165 e. The summed E-state index contributed by atoms with van der Waals surface area (Å²) in [4.78, 5) is 0. The molecule has 1 aromatic heterocycles. The molecule has 7 heteroatoms. The number of nitrogens with two attached hydrogens (primary N) is 1. The fraction of sp³-hybridized carbons (Fsp3) is 0.900. The van der Waals surface area contributed by atoms with Crippen LogP contribution in [0.3, 0.4) is 0 Å². The zero-order valence-electron chi connectivity index (χ0n) is 10.1. The Morgan fingerprint density at radius 3 is 2.94 bits per heavy atom. The number of rotatable bonds is 5. The van der Waals surface area contributed by atoms with Crippen molar-refractivity contribution < 1.29 is 0 Å². The summed E-state index contributed by atoms with van der Waals surface area (Å²) < 4.78 is 1.95. The first-order valence-electron chi connectivity index (χ1n) is 6.02. The van der Waals surface area contributed by atoms with E-state index >= 15 is 0 Å². The minimum Gasteiger partial charge on any atom is -0.330 e. The summed E-state index contributed by atoms with van der Waals surface area (Å²) in [5.74, 6) is 3.46. The van der Waals surface area contributed by atoms with Crippen LogP contribution in [0.2, 0.25) is 0 Å². The summed E-state index contributed by atoms with van der Waals surface area (Å²) in [5, 5.41) is 13.1. The number of aromatic nitrogens is 4. The molecule has 0 aromatic carbocycles. The molecule has 5 nitrogen and oxygen atoms in total. The minimum absolute atomic E-state index is 0.432. The van der Waals surface area contributed by atoms with Gasteiger partial charge in [0.1, 0.15) is 0 Å². The van der Waals surface area contributed by atoms with E-state index in [0.29, 0.717) is 10.5 Å². The Balaban J connectivity index is 2.01. The Hall–Kier alpha value is -0.270. The summed E-state index contributed by atoms with van der Waals surface area (Å²) in [5.41, 5.74) is 5.50. The van der Waals surface area contributed by atoms with Crippen LogP contribution < -0.4 is 5.73 Å². The standard InChI is InChI=1S/C10H19N5S2/c1-8-9(17-7-6-16-8)10-12-13-14-15(10)5-3-2-4-11/h8-9H,2-7,11H2,1H3. The summed E-state index contributed by atoms with van der Waals surface area (Å²) in [6.07, 6.45) is 2.08. The molecule has 0 amide bonds. The number of aryl methyl sites for hydroxylation is 1. The maximum absolute atomic E-state index is 5.50. The van der Waals surface area contributed by atoms with Gasteiger partial charge < -0.3 is 5.73 Å². The fourth-order valence-electron chi connectivity index (χ4n) is 1.90. The Kier molecular flexibility index (Phi) is 5.12. The minimum atomic E-state index is 0.432. The Morgan fingerprint density at radius 1 is 1.35 bits per heavy atom. The summed E-state index contributed by atoms with van der Waals surface area (Å²) >= 11 is 3.99. The van der Waals surface area contributed by atoms with E-state index in [0.717, 1.165) is 31.8 Å². The molecule has 2 unspecified atom stereocenters. The zero-order chi connectivity index (χ0) is 12.1. The molecular formula is C10H19N5S2. The number of nitrogens with zero attached hydrogens (tertiary/aromatic N) is 4. The van der Waals surface area contributed by atoms with Gasteiger partial charge >= 0.3 is 0 Å². The van der Waals surface area contributed by atoms with E-state index in [1.807, 2.05) is 28.2 Å². The Morgan fingerprint density at radius 2 is 2.18 bits per heavy atom. The molecule has 1 fully saturated rings. The molecule has 1 aliphatic rings. The highest BCUT2D eigenvalue weighted by Crippen LogP contribution is 2.41. The molecule has 1 aliphatic heterocycles. The van der Waals surface area contributed by atoms with Crippen molar-refractivity contribution in [2.45, 2.75) is 36.8 Å². The van der Waals surface area contributed by atoms with Crippen molar-refractivity contribution in [3.63, 3.8) is 0 Å². The summed E-state index contributed by atoms with van der Waals surface area (Å²) in [6, 6.07) is 0. The van der Waals surface area contributed by atoms with Gasteiger partial charge in [-0.1, -0.05) is 6.92 Å². The van der Waals surface area contributed by atoms with E-state index in [1.54, 1.807) is 0 Å². The predicted octanol–water partition coefficient (Wildman–Crippen LogP) is 1.32. The van der Waals surface area contributed by atoms with Gasteiger partial charge in [-0.3, -0.25) is 0 Å². The van der Waals surface area contributed by atoms with Gasteiger partial charge in [-0.15, -0.1) is 16.9 Å². The molecular weight excluding hydrogens is 254 g/mol. The van der Waals surface area contributed by atoms with E-state index in [4.69, 9.17) is 5.73 Å². The van der Waals surface area contributed by atoms with Crippen molar-refractivity contribution in [3.05, 3.63) is 5.82 Å². The van der Waals surface area contributed by atoms with E-state index in [2.05, 4.69) is 22.4 Å². The van der Waals surface area contributed by atoms with Crippen LogP contribution in [0, 0.1) is 0 Å². The van der Waals surface area contributed by atoms with Crippen LogP contribution in [-0.4, -0.2) is 43.5 Å². The van der Waals surface area contributed by atoms with Crippen molar-refractivity contribution in [2.24, 2.45) is 5.73 Å². The first-order valence-corrected chi connectivity index (χ1v) is 8.12. The normalized spacial score (nSPS) is 25.1. The van der Waals surface area contributed by atoms with Crippen molar-refractivity contribution >= 4 is 23.5 Å².